The molecule has 98 heavy (non-hydrogen) atoms. The standard InChI is InChI=1S/C79H142O17P2/c1-5-9-13-17-21-25-29-33-34-35-36-37-38-42-46-50-54-58-62-66-79(84)96-75(70-90-77(82)64-60-56-52-48-44-40-31-27-23-19-15-11-7-3)72-94-98(87,88)92-68-73(80)67-91-97(85,86)93-71-74(95-78(83)65-61-57-53-49-45-41-32-28-24-20-16-12-8-4)69-89-76(81)63-59-55-51-47-43-39-30-26-22-18-14-10-6-2/h21,25,28,32-34,36-37,42,46,54,58,73-75,80H,5-20,22-24,26-27,29-31,35,38-41,43-45,47-53,55-57,59-72H2,1-4H3,(H,85,86)(H,87,88)/b25-21-,32-28-,34-33-,37-36-,46-42-,58-54-/t73-,74+,75+/m0/s1. The van der Waals surface area contributed by atoms with Crippen molar-refractivity contribution < 1.29 is 80.2 Å². The largest absolute Gasteiger partial charge is 0.472 e. The summed E-state index contributed by atoms with van der Waals surface area (Å²) in [4.78, 5) is 72.8. The molecule has 0 saturated heterocycles. The molecule has 0 aromatic heterocycles. The summed E-state index contributed by atoms with van der Waals surface area (Å²) in [6, 6.07) is 0. The van der Waals surface area contributed by atoms with Crippen LogP contribution in [0.15, 0.2) is 72.9 Å². The third-order valence-corrected chi connectivity index (χ3v) is 18.6. The molecule has 570 valence electrons. The SMILES string of the molecule is CCCCC/C=C\C/C=C\C/C=C\C/C=C\C/C=C\CCC(=O)O[C@H](COC(=O)CCCCCCCCCCCCCCC)COP(=O)(O)OC[C@@H](O)COP(=O)(O)OC[C@@H](COC(=O)CCCCCCCCCCCCCCC)OC(=O)CCCCCCC/C=C\CCCCCC. The smallest absolute Gasteiger partial charge is 0.462 e. The Kier molecular flexibility index (Phi) is 69.3. The maximum absolute atomic E-state index is 13.1. The molecular formula is C79H142O17P2. The first-order valence-corrected chi connectivity index (χ1v) is 42.2. The molecule has 0 aromatic carbocycles. The van der Waals surface area contributed by atoms with E-state index in [4.69, 9.17) is 37.0 Å². The number of phosphoric ester groups is 2. The number of ether oxygens (including phenoxy) is 4. The monoisotopic (exact) mass is 1420 g/mol. The van der Waals surface area contributed by atoms with E-state index in [1.807, 2.05) is 18.2 Å². The molecule has 0 saturated carbocycles. The normalized spacial score (nSPS) is 14.3. The average Bonchev–Trinajstić information content (AvgIpc) is 0.982. The van der Waals surface area contributed by atoms with Crippen LogP contribution in [0.2, 0.25) is 0 Å². The summed E-state index contributed by atoms with van der Waals surface area (Å²) in [7, 11) is -9.96. The molecule has 0 fully saturated rings. The van der Waals surface area contributed by atoms with E-state index in [9.17, 15) is 43.2 Å². The van der Waals surface area contributed by atoms with E-state index in [-0.39, 0.29) is 25.7 Å². The maximum atomic E-state index is 13.1. The van der Waals surface area contributed by atoms with Gasteiger partial charge in [-0.3, -0.25) is 37.3 Å². The van der Waals surface area contributed by atoms with Gasteiger partial charge in [-0.15, -0.1) is 0 Å². The highest BCUT2D eigenvalue weighted by molar-refractivity contribution is 7.47. The van der Waals surface area contributed by atoms with Crippen molar-refractivity contribution in [1.29, 1.82) is 0 Å². The Balaban J connectivity index is 5.38. The number of aliphatic hydroxyl groups is 1. The molecule has 0 aromatic rings. The average molecular weight is 1430 g/mol. The zero-order valence-corrected chi connectivity index (χ0v) is 64.0. The van der Waals surface area contributed by atoms with E-state index < -0.39 is 97.5 Å². The summed E-state index contributed by atoms with van der Waals surface area (Å²) in [5.74, 6) is -2.25. The second kappa shape index (κ2) is 71.9. The lowest BCUT2D eigenvalue weighted by atomic mass is 10.0. The third kappa shape index (κ3) is 70.9. The van der Waals surface area contributed by atoms with Gasteiger partial charge in [-0.05, 0) is 89.9 Å². The number of phosphoric acid groups is 2. The minimum Gasteiger partial charge on any atom is -0.462 e. The summed E-state index contributed by atoms with van der Waals surface area (Å²) in [6.07, 6.45) is 71.9. The van der Waals surface area contributed by atoms with Crippen LogP contribution < -0.4 is 0 Å². The van der Waals surface area contributed by atoms with Gasteiger partial charge >= 0.3 is 39.5 Å². The first-order chi connectivity index (χ1) is 47.7. The van der Waals surface area contributed by atoms with Crippen LogP contribution in [0.4, 0.5) is 0 Å². The van der Waals surface area contributed by atoms with Crippen LogP contribution in [-0.4, -0.2) is 96.7 Å². The van der Waals surface area contributed by atoms with Gasteiger partial charge in [-0.1, -0.05) is 306 Å². The van der Waals surface area contributed by atoms with Crippen LogP contribution in [0.5, 0.6) is 0 Å². The molecule has 17 nitrogen and oxygen atoms in total. The Hall–Kier alpha value is -3.50. The van der Waals surface area contributed by atoms with Crippen LogP contribution in [0.1, 0.15) is 349 Å². The number of carbonyl (C=O) groups is 4. The lowest BCUT2D eigenvalue weighted by Crippen LogP contribution is -2.30. The Morgan fingerprint density at radius 3 is 0.867 bits per heavy atom. The molecule has 5 atom stereocenters. The van der Waals surface area contributed by atoms with Gasteiger partial charge in [0.1, 0.15) is 19.3 Å². The number of rotatable bonds is 74. The number of esters is 4. The Bertz CT molecular complexity index is 2140. The highest BCUT2D eigenvalue weighted by Gasteiger charge is 2.30. The third-order valence-electron chi connectivity index (χ3n) is 16.7. The minimum absolute atomic E-state index is 0.0245. The fourth-order valence-electron chi connectivity index (χ4n) is 10.7. The number of allylic oxidation sites excluding steroid dienone is 12. The van der Waals surface area contributed by atoms with Crippen LogP contribution in [0.25, 0.3) is 0 Å². The first kappa shape index (κ1) is 94.5. The van der Waals surface area contributed by atoms with Crippen molar-refractivity contribution in [2.75, 3.05) is 39.6 Å². The number of hydrogen-bond acceptors (Lipinski definition) is 15. The summed E-state index contributed by atoms with van der Waals surface area (Å²) >= 11 is 0. The zero-order valence-electron chi connectivity index (χ0n) is 62.2. The van der Waals surface area contributed by atoms with Gasteiger partial charge in [0, 0.05) is 25.7 Å². The van der Waals surface area contributed by atoms with Crippen molar-refractivity contribution in [3.8, 4) is 0 Å². The molecule has 2 unspecified atom stereocenters. The van der Waals surface area contributed by atoms with Crippen molar-refractivity contribution in [3.63, 3.8) is 0 Å². The van der Waals surface area contributed by atoms with E-state index >= 15 is 0 Å². The Morgan fingerprint density at radius 2 is 0.520 bits per heavy atom. The summed E-state index contributed by atoms with van der Waals surface area (Å²) in [6.45, 7) is 4.79. The molecule has 0 spiro atoms. The topological polar surface area (TPSA) is 237 Å². The fraction of sp³-hybridized carbons (Fsp3) is 0.797. The van der Waals surface area contributed by atoms with Crippen LogP contribution in [0, 0.1) is 0 Å². The van der Waals surface area contributed by atoms with Crippen LogP contribution in [-0.2, 0) is 65.4 Å². The van der Waals surface area contributed by atoms with Crippen molar-refractivity contribution in [3.05, 3.63) is 72.9 Å². The second-order valence-corrected chi connectivity index (χ2v) is 29.2. The van der Waals surface area contributed by atoms with E-state index in [2.05, 4.69) is 82.4 Å². The Morgan fingerprint density at radius 1 is 0.286 bits per heavy atom. The molecule has 0 aliphatic rings. The molecule has 0 radical (unpaired) electrons. The van der Waals surface area contributed by atoms with Crippen molar-refractivity contribution in [2.24, 2.45) is 0 Å². The van der Waals surface area contributed by atoms with Gasteiger partial charge in [-0.2, -0.15) is 0 Å². The highest BCUT2D eigenvalue weighted by Crippen LogP contribution is 2.45. The van der Waals surface area contributed by atoms with Gasteiger partial charge < -0.3 is 33.8 Å². The van der Waals surface area contributed by atoms with Gasteiger partial charge in [0.25, 0.3) is 0 Å². The molecule has 0 aliphatic heterocycles. The maximum Gasteiger partial charge on any atom is 0.472 e. The van der Waals surface area contributed by atoms with Crippen molar-refractivity contribution >= 4 is 39.5 Å². The molecule has 0 aliphatic carbocycles. The summed E-state index contributed by atoms with van der Waals surface area (Å²) in [5, 5.41) is 10.6. The van der Waals surface area contributed by atoms with E-state index in [1.165, 1.54) is 161 Å². The van der Waals surface area contributed by atoms with E-state index in [0.29, 0.717) is 32.1 Å². The van der Waals surface area contributed by atoms with Gasteiger partial charge in [0.2, 0.25) is 0 Å². The summed E-state index contributed by atoms with van der Waals surface area (Å²) in [5.41, 5.74) is 0. The number of unbranched alkanes of at least 4 members (excludes halogenated alkanes) is 36. The molecule has 19 heteroatoms. The van der Waals surface area contributed by atoms with Crippen LogP contribution in [0.3, 0.4) is 0 Å². The number of carbonyl (C=O) groups excluding carboxylic acids is 4. The second-order valence-electron chi connectivity index (χ2n) is 26.3. The fourth-order valence-corrected chi connectivity index (χ4v) is 12.2. The van der Waals surface area contributed by atoms with Crippen LogP contribution >= 0.6 is 15.6 Å². The Labute approximate surface area is 596 Å². The van der Waals surface area contributed by atoms with E-state index in [1.54, 1.807) is 0 Å². The lowest BCUT2D eigenvalue weighted by Gasteiger charge is -2.21. The van der Waals surface area contributed by atoms with Crippen molar-refractivity contribution in [1.82, 2.24) is 0 Å². The van der Waals surface area contributed by atoms with Gasteiger partial charge in [-0.25, -0.2) is 9.13 Å². The van der Waals surface area contributed by atoms with Gasteiger partial charge in [0.05, 0.1) is 26.4 Å². The lowest BCUT2D eigenvalue weighted by molar-refractivity contribution is -0.161. The summed E-state index contributed by atoms with van der Waals surface area (Å²) < 4.78 is 68.4. The van der Waals surface area contributed by atoms with E-state index in [0.717, 1.165) is 103 Å². The molecule has 0 heterocycles. The predicted molar refractivity (Wildman–Crippen MR) is 400 cm³/mol. The van der Waals surface area contributed by atoms with Crippen molar-refractivity contribution in [2.45, 2.75) is 367 Å². The quantitative estimate of drug-likeness (QED) is 0.0169. The molecule has 0 rings (SSSR count). The predicted octanol–water partition coefficient (Wildman–Crippen LogP) is 22.4. The number of hydrogen-bond donors (Lipinski definition) is 3. The molecular weight excluding hydrogens is 1280 g/mol. The van der Waals surface area contributed by atoms with Gasteiger partial charge in [0.15, 0.2) is 12.2 Å². The number of aliphatic hydroxyl groups excluding tert-OH is 1. The minimum atomic E-state index is -4.99. The molecule has 0 amide bonds. The molecule has 3 N–H and O–H groups in total. The molecule has 0 bridgehead atoms. The first-order valence-electron chi connectivity index (χ1n) is 39.2. The zero-order chi connectivity index (χ0) is 71.8. The highest BCUT2D eigenvalue weighted by atomic mass is 31.2.